The molecule has 0 saturated heterocycles. The molecule has 4 rings (SSSR count). The second-order valence-electron chi connectivity index (χ2n) is 12.6. The van der Waals surface area contributed by atoms with Gasteiger partial charge in [-0.3, -0.25) is 0 Å². The van der Waals surface area contributed by atoms with Gasteiger partial charge in [0.15, 0.2) is 0 Å². The van der Waals surface area contributed by atoms with Crippen molar-refractivity contribution in [2.24, 2.45) is 58.0 Å². The predicted octanol–water partition coefficient (Wildman–Crippen LogP) is 7.05. The molecule has 29 heavy (non-hydrogen) atoms. The highest BCUT2D eigenvalue weighted by Crippen LogP contribution is 2.66. The molecule has 9 unspecified atom stereocenters. The summed E-state index contributed by atoms with van der Waals surface area (Å²) in [4.78, 5) is 0. The first-order valence-corrected chi connectivity index (χ1v) is 13.0. The molecular weight excluding hydrogens is 350 g/mol. The van der Waals surface area contributed by atoms with E-state index in [2.05, 4.69) is 46.5 Å². The van der Waals surface area contributed by atoms with Crippen LogP contribution in [0.15, 0.2) is 0 Å². The third-order valence-corrected chi connectivity index (χ3v) is 10.3. The summed E-state index contributed by atoms with van der Waals surface area (Å²) in [6, 6.07) is 0.430. The van der Waals surface area contributed by atoms with Crippen LogP contribution in [0.25, 0.3) is 0 Å². The Hall–Kier alpha value is -0.480. The predicted molar refractivity (Wildman–Crippen MR) is 124 cm³/mol. The lowest BCUT2D eigenvalue weighted by Crippen LogP contribution is -2.52. The lowest BCUT2D eigenvalue weighted by molar-refractivity contribution is -0.0905. The summed E-state index contributed by atoms with van der Waals surface area (Å²) in [7, 11) is 0. The molecule has 1 nitrogen and oxygen atoms in total. The van der Waals surface area contributed by atoms with Crippen LogP contribution in [0.2, 0.25) is 0 Å². The molecule has 9 atom stereocenters. The maximum atomic E-state index is 6.83. The van der Waals surface area contributed by atoms with Gasteiger partial charge in [0.05, 0.1) is 0 Å². The van der Waals surface area contributed by atoms with E-state index < -0.39 is 0 Å². The van der Waals surface area contributed by atoms with Gasteiger partial charge in [-0.1, -0.05) is 59.8 Å². The Kier molecular flexibility index (Phi) is 6.16. The van der Waals surface area contributed by atoms with Gasteiger partial charge in [-0.15, -0.1) is 5.92 Å². The minimum Gasteiger partial charge on any atom is -0.327 e. The Morgan fingerprint density at radius 3 is 2.55 bits per heavy atom. The zero-order chi connectivity index (χ0) is 20.8. The Morgan fingerprint density at radius 1 is 1.00 bits per heavy atom. The van der Waals surface area contributed by atoms with Gasteiger partial charge in [0.2, 0.25) is 0 Å². The summed E-state index contributed by atoms with van der Waals surface area (Å²) < 4.78 is 0. The summed E-state index contributed by atoms with van der Waals surface area (Å²) in [5.41, 5.74) is 7.71. The first kappa shape index (κ1) is 21.7. The summed E-state index contributed by atoms with van der Waals surface area (Å²) in [5.74, 6) is 13.3. The summed E-state index contributed by atoms with van der Waals surface area (Å²) >= 11 is 0. The van der Waals surface area contributed by atoms with Gasteiger partial charge in [-0.2, -0.15) is 0 Å². The van der Waals surface area contributed by atoms with Gasteiger partial charge in [0, 0.05) is 18.4 Å². The maximum absolute atomic E-state index is 6.83. The number of fused-ring (bicyclic) bond motifs is 5. The molecule has 0 aromatic carbocycles. The molecule has 164 valence electrons. The molecule has 4 aliphatic rings. The van der Waals surface area contributed by atoms with Crippen LogP contribution in [0.3, 0.4) is 0 Å². The molecule has 3 saturated carbocycles. The van der Waals surface area contributed by atoms with Gasteiger partial charge in [0.1, 0.15) is 0 Å². The van der Waals surface area contributed by atoms with Gasteiger partial charge in [-0.05, 0) is 91.3 Å². The average molecular weight is 398 g/mol. The van der Waals surface area contributed by atoms with Crippen LogP contribution in [0.4, 0.5) is 0 Å². The van der Waals surface area contributed by atoms with E-state index in [1.54, 1.807) is 0 Å². The molecule has 1 heteroatoms. The van der Waals surface area contributed by atoms with E-state index in [-0.39, 0.29) is 0 Å². The van der Waals surface area contributed by atoms with Crippen molar-refractivity contribution in [1.82, 2.24) is 0 Å². The lowest BCUT2D eigenvalue weighted by Gasteiger charge is -2.58. The number of hydrogen-bond donors (Lipinski definition) is 1. The van der Waals surface area contributed by atoms with Gasteiger partial charge in [0.25, 0.3) is 0 Å². The fourth-order valence-corrected chi connectivity index (χ4v) is 8.65. The lowest BCUT2D eigenvalue weighted by atomic mass is 9.46. The van der Waals surface area contributed by atoms with E-state index >= 15 is 0 Å². The van der Waals surface area contributed by atoms with E-state index in [0.717, 1.165) is 41.9 Å². The molecule has 3 fully saturated rings. The van der Waals surface area contributed by atoms with E-state index in [1.807, 2.05) is 0 Å². The first-order chi connectivity index (χ1) is 13.8. The minimum absolute atomic E-state index is 0.423. The van der Waals surface area contributed by atoms with Crippen molar-refractivity contribution in [3.63, 3.8) is 0 Å². The zero-order valence-corrected chi connectivity index (χ0v) is 20.0. The van der Waals surface area contributed by atoms with Crippen molar-refractivity contribution in [3.05, 3.63) is 0 Å². The van der Waals surface area contributed by atoms with E-state index in [4.69, 9.17) is 5.73 Å². The Labute approximate surface area is 181 Å². The third-order valence-electron chi connectivity index (χ3n) is 10.3. The molecular formula is C28H47N. The topological polar surface area (TPSA) is 26.0 Å². The summed E-state index contributed by atoms with van der Waals surface area (Å²) in [6.45, 7) is 12.4. The van der Waals surface area contributed by atoms with Crippen molar-refractivity contribution in [3.8, 4) is 11.8 Å². The minimum atomic E-state index is 0.423. The van der Waals surface area contributed by atoms with Gasteiger partial charge >= 0.3 is 0 Å². The van der Waals surface area contributed by atoms with Crippen LogP contribution in [-0.4, -0.2) is 6.04 Å². The van der Waals surface area contributed by atoms with Gasteiger partial charge in [-0.25, -0.2) is 0 Å². The van der Waals surface area contributed by atoms with Gasteiger partial charge < -0.3 is 5.73 Å². The molecule has 0 spiro atoms. The Morgan fingerprint density at radius 2 is 1.79 bits per heavy atom. The van der Waals surface area contributed by atoms with Crippen molar-refractivity contribution in [2.45, 2.75) is 111 Å². The quantitative estimate of drug-likeness (QED) is 0.494. The van der Waals surface area contributed by atoms with Crippen LogP contribution in [0.5, 0.6) is 0 Å². The molecule has 0 amide bonds. The summed E-state index contributed by atoms with van der Waals surface area (Å²) in [6.07, 6.45) is 14.9. The number of nitrogens with two attached hydrogens (primary N) is 1. The molecule has 0 bridgehead atoms. The van der Waals surface area contributed by atoms with Crippen molar-refractivity contribution < 1.29 is 0 Å². The molecule has 4 aliphatic carbocycles. The normalized spacial score (nSPS) is 47.4. The molecule has 0 heterocycles. The van der Waals surface area contributed by atoms with E-state index in [0.29, 0.717) is 22.8 Å². The highest BCUT2D eigenvalue weighted by molar-refractivity contribution is 5.21. The highest BCUT2D eigenvalue weighted by Gasteiger charge is 2.59. The van der Waals surface area contributed by atoms with Crippen LogP contribution < -0.4 is 5.73 Å². The molecule has 2 N–H and O–H groups in total. The standard InChI is InChI=1S/C28H47N/c1-19(2)8-6-10-25(29)23-11-13-24-22(23)12-14-26-27(4)17-15-20(3)18-21(27)9-7-16-28(24,26)5/h19-26H,6,8,10-18,29H2,1-5H3. The first-order valence-electron chi connectivity index (χ1n) is 13.0. The average Bonchev–Trinajstić information content (AvgIpc) is 3.05. The Balaban J connectivity index is 1.51. The molecule has 0 aromatic heterocycles. The van der Waals surface area contributed by atoms with Crippen LogP contribution >= 0.6 is 0 Å². The van der Waals surface area contributed by atoms with Crippen LogP contribution in [-0.2, 0) is 0 Å². The van der Waals surface area contributed by atoms with Crippen LogP contribution in [0, 0.1) is 64.1 Å². The smallest absolute Gasteiger partial charge is 0.0262 e. The zero-order valence-electron chi connectivity index (χ0n) is 20.0. The van der Waals surface area contributed by atoms with E-state index in [1.165, 1.54) is 64.2 Å². The fraction of sp³-hybridized carbons (Fsp3) is 0.929. The number of hydrogen-bond acceptors (Lipinski definition) is 1. The maximum Gasteiger partial charge on any atom is 0.0262 e. The molecule has 0 radical (unpaired) electrons. The fourth-order valence-electron chi connectivity index (χ4n) is 8.65. The van der Waals surface area contributed by atoms with Crippen LogP contribution in [0.1, 0.15) is 105 Å². The van der Waals surface area contributed by atoms with Crippen molar-refractivity contribution >= 4 is 0 Å². The molecule has 0 aliphatic heterocycles. The summed E-state index contributed by atoms with van der Waals surface area (Å²) in [5, 5.41) is 0. The second kappa shape index (κ2) is 8.22. The van der Waals surface area contributed by atoms with Crippen molar-refractivity contribution in [1.29, 1.82) is 0 Å². The highest BCUT2D eigenvalue weighted by atomic mass is 14.7. The molecule has 0 aromatic rings. The third kappa shape index (κ3) is 3.82. The monoisotopic (exact) mass is 397 g/mol. The largest absolute Gasteiger partial charge is 0.327 e. The Bertz CT molecular complexity index is 640. The van der Waals surface area contributed by atoms with E-state index in [9.17, 15) is 0 Å². The number of rotatable bonds is 5. The van der Waals surface area contributed by atoms with Crippen molar-refractivity contribution in [2.75, 3.05) is 0 Å². The SMILES string of the molecule is CC(C)CCCC(N)C1CCC2C1CCC1C3(C)CCC(C)CC3C#CCC21C. The second-order valence-corrected chi connectivity index (χ2v) is 12.6.